The number of hydrogen-bond acceptors (Lipinski definition) is 3. The van der Waals surface area contributed by atoms with Crippen molar-refractivity contribution in [3.63, 3.8) is 0 Å². The molecule has 20 heavy (non-hydrogen) atoms. The summed E-state index contributed by atoms with van der Waals surface area (Å²) in [5, 5.41) is 11.9. The SMILES string of the molecule is CNc1c(C(=O)N2CCC(O)C2)cccc1C(F)(F)F. The number of β-amino-alcohol motifs (C(OH)–C–C–N with tert-alkyl or cyclic N) is 1. The topological polar surface area (TPSA) is 52.6 Å². The molecular formula is C13H15F3N2O2. The van der Waals surface area contributed by atoms with Crippen LogP contribution >= 0.6 is 0 Å². The van der Waals surface area contributed by atoms with Gasteiger partial charge in [-0.25, -0.2) is 0 Å². The first-order valence-corrected chi connectivity index (χ1v) is 6.20. The van der Waals surface area contributed by atoms with Crippen LogP contribution in [0.5, 0.6) is 0 Å². The summed E-state index contributed by atoms with van der Waals surface area (Å²) in [6.07, 6.45) is -4.69. The maximum atomic E-state index is 12.9. The number of benzene rings is 1. The van der Waals surface area contributed by atoms with E-state index in [1.165, 1.54) is 24.1 Å². The molecule has 0 radical (unpaired) electrons. The van der Waals surface area contributed by atoms with Gasteiger partial charge in [0, 0.05) is 20.1 Å². The quantitative estimate of drug-likeness (QED) is 0.874. The van der Waals surface area contributed by atoms with Gasteiger partial charge in [0.2, 0.25) is 0 Å². The molecule has 1 aromatic rings. The number of nitrogens with zero attached hydrogens (tertiary/aromatic N) is 1. The van der Waals surface area contributed by atoms with Gasteiger partial charge in [0.05, 0.1) is 22.9 Å². The summed E-state index contributed by atoms with van der Waals surface area (Å²) in [5.74, 6) is -0.503. The molecular weight excluding hydrogens is 273 g/mol. The predicted molar refractivity (Wildman–Crippen MR) is 67.5 cm³/mol. The fraction of sp³-hybridized carbons (Fsp3) is 0.462. The fourth-order valence-corrected chi connectivity index (χ4v) is 2.33. The van der Waals surface area contributed by atoms with Crippen molar-refractivity contribution < 1.29 is 23.1 Å². The molecule has 0 aromatic heterocycles. The molecule has 1 atom stereocenters. The molecule has 2 rings (SSSR count). The van der Waals surface area contributed by atoms with E-state index < -0.39 is 23.8 Å². The average molecular weight is 288 g/mol. The summed E-state index contributed by atoms with van der Waals surface area (Å²) >= 11 is 0. The largest absolute Gasteiger partial charge is 0.418 e. The lowest BCUT2D eigenvalue weighted by Gasteiger charge is -2.20. The first-order valence-electron chi connectivity index (χ1n) is 6.20. The Morgan fingerprint density at radius 2 is 2.15 bits per heavy atom. The first-order chi connectivity index (χ1) is 9.34. The van der Waals surface area contributed by atoms with Crippen LogP contribution in [0.15, 0.2) is 18.2 Å². The van der Waals surface area contributed by atoms with E-state index in [0.717, 1.165) is 6.07 Å². The number of aliphatic hydroxyl groups excluding tert-OH is 1. The van der Waals surface area contributed by atoms with Gasteiger partial charge in [-0.3, -0.25) is 4.79 Å². The molecule has 4 nitrogen and oxygen atoms in total. The third-order valence-corrected chi connectivity index (χ3v) is 3.30. The van der Waals surface area contributed by atoms with E-state index in [9.17, 15) is 23.1 Å². The second-order valence-electron chi connectivity index (χ2n) is 4.67. The molecule has 0 aliphatic carbocycles. The van der Waals surface area contributed by atoms with E-state index in [-0.39, 0.29) is 17.8 Å². The fourth-order valence-electron chi connectivity index (χ4n) is 2.33. The Labute approximate surface area is 114 Å². The molecule has 0 saturated carbocycles. The summed E-state index contributed by atoms with van der Waals surface area (Å²) in [6.45, 7) is 0.498. The highest BCUT2D eigenvalue weighted by atomic mass is 19.4. The number of hydrogen-bond donors (Lipinski definition) is 2. The van der Waals surface area contributed by atoms with Crippen LogP contribution in [0, 0.1) is 0 Å². The smallest absolute Gasteiger partial charge is 0.391 e. The monoisotopic (exact) mass is 288 g/mol. The molecule has 110 valence electrons. The van der Waals surface area contributed by atoms with Crippen molar-refractivity contribution >= 4 is 11.6 Å². The number of likely N-dealkylation sites (tertiary alicyclic amines) is 1. The zero-order valence-electron chi connectivity index (χ0n) is 10.9. The molecule has 1 saturated heterocycles. The number of halogens is 3. The van der Waals surface area contributed by atoms with Crippen LogP contribution < -0.4 is 5.32 Å². The van der Waals surface area contributed by atoms with E-state index in [0.29, 0.717) is 13.0 Å². The van der Waals surface area contributed by atoms with E-state index in [1.54, 1.807) is 0 Å². The Kier molecular flexibility index (Phi) is 3.89. The highest BCUT2D eigenvalue weighted by molar-refractivity contribution is 6.00. The molecule has 1 aromatic carbocycles. The zero-order valence-corrected chi connectivity index (χ0v) is 10.9. The minimum absolute atomic E-state index is 0.0311. The van der Waals surface area contributed by atoms with Gasteiger partial charge in [0.15, 0.2) is 0 Å². The molecule has 1 amide bonds. The number of aliphatic hydroxyl groups is 1. The van der Waals surface area contributed by atoms with Crippen LogP contribution in [0.4, 0.5) is 18.9 Å². The van der Waals surface area contributed by atoms with Gasteiger partial charge in [-0.1, -0.05) is 6.07 Å². The molecule has 1 aliphatic heterocycles. The summed E-state index contributed by atoms with van der Waals surface area (Å²) in [4.78, 5) is 13.6. The average Bonchev–Trinajstić information content (AvgIpc) is 2.82. The van der Waals surface area contributed by atoms with Crippen LogP contribution in [0.1, 0.15) is 22.3 Å². The van der Waals surface area contributed by atoms with Crippen LogP contribution in [-0.2, 0) is 6.18 Å². The predicted octanol–water partition coefficient (Wildman–Crippen LogP) is 1.95. The molecule has 1 aliphatic rings. The number of carbonyl (C=O) groups excluding carboxylic acids is 1. The van der Waals surface area contributed by atoms with E-state index in [4.69, 9.17) is 0 Å². The van der Waals surface area contributed by atoms with Gasteiger partial charge in [-0.2, -0.15) is 13.2 Å². The lowest BCUT2D eigenvalue weighted by Crippen LogP contribution is -2.30. The molecule has 0 bridgehead atoms. The Morgan fingerprint density at radius 3 is 2.65 bits per heavy atom. The van der Waals surface area contributed by atoms with Crippen LogP contribution in [0.3, 0.4) is 0 Å². The van der Waals surface area contributed by atoms with Gasteiger partial charge in [-0.05, 0) is 18.6 Å². The molecule has 0 spiro atoms. The number of alkyl halides is 3. The molecule has 1 unspecified atom stereocenters. The van der Waals surface area contributed by atoms with Gasteiger partial charge >= 0.3 is 6.18 Å². The molecule has 7 heteroatoms. The van der Waals surface area contributed by atoms with E-state index in [2.05, 4.69) is 5.32 Å². The summed E-state index contributed by atoms with van der Waals surface area (Å²) in [5.41, 5.74) is -1.13. The number of anilines is 1. The minimum atomic E-state index is -4.53. The maximum absolute atomic E-state index is 12.9. The zero-order chi connectivity index (χ0) is 14.9. The van der Waals surface area contributed by atoms with Crippen molar-refractivity contribution in [3.05, 3.63) is 29.3 Å². The lowest BCUT2D eigenvalue weighted by molar-refractivity contribution is -0.136. The Hall–Kier alpha value is -1.76. The third-order valence-electron chi connectivity index (χ3n) is 3.30. The van der Waals surface area contributed by atoms with Crippen molar-refractivity contribution in [2.45, 2.75) is 18.7 Å². The van der Waals surface area contributed by atoms with Gasteiger partial charge in [0.1, 0.15) is 0 Å². The molecule has 2 N–H and O–H groups in total. The van der Waals surface area contributed by atoms with E-state index >= 15 is 0 Å². The summed E-state index contributed by atoms with van der Waals surface area (Å²) < 4.78 is 38.7. The molecule has 1 fully saturated rings. The lowest BCUT2D eigenvalue weighted by atomic mass is 10.1. The number of rotatable bonds is 2. The van der Waals surface area contributed by atoms with Crippen molar-refractivity contribution in [2.75, 3.05) is 25.5 Å². The number of amides is 1. The Morgan fingerprint density at radius 1 is 1.45 bits per heavy atom. The van der Waals surface area contributed by atoms with Crippen LogP contribution in [-0.4, -0.2) is 42.2 Å². The van der Waals surface area contributed by atoms with Crippen molar-refractivity contribution in [1.82, 2.24) is 4.90 Å². The van der Waals surface area contributed by atoms with Gasteiger partial charge < -0.3 is 15.3 Å². The number of nitrogens with one attached hydrogen (secondary N) is 1. The second kappa shape index (κ2) is 5.32. The van der Waals surface area contributed by atoms with Crippen molar-refractivity contribution in [1.29, 1.82) is 0 Å². The third kappa shape index (κ3) is 2.72. The van der Waals surface area contributed by atoms with E-state index in [1.807, 2.05) is 0 Å². The minimum Gasteiger partial charge on any atom is -0.391 e. The first kappa shape index (κ1) is 14.6. The number of carbonyl (C=O) groups is 1. The summed E-state index contributed by atoms with van der Waals surface area (Å²) in [7, 11) is 1.35. The Balaban J connectivity index is 2.39. The highest BCUT2D eigenvalue weighted by Gasteiger charge is 2.36. The van der Waals surface area contributed by atoms with Gasteiger partial charge in [0.25, 0.3) is 5.91 Å². The summed E-state index contributed by atoms with van der Waals surface area (Å²) in [6, 6.07) is 3.50. The van der Waals surface area contributed by atoms with Crippen LogP contribution in [0.25, 0.3) is 0 Å². The maximum Gasteiger partial charge on any atom is 0.418 e. The number of para-hydroxylation sites is 1. The molecule has 1 heterocycles. The normalized spacial score (nSPS) is 19.2. The second-order valence-corrected chi connectivity index (χ2v) is 4.67. The standard InChI is InChI=1S/C13H15F3N2O2/c1-17-11-9(3-2-4-10(11)13(14,15)16)12(20)18-6-5-8(19)7-18/h2-4,8,17,19H,5-7H2,1H3. The van der Waals surface area contributed by atoms with Crippen LogP contribution in [0.2, 0.25) is 0 Å². The highest BCUT2D eigenvalue weighted by Crippen LogP contribution is 2.37. The van der Waals surface area contributed by atoms with Gasteiger partial charge in [-0.15, -0.1) is 0 Å². The van der Waals surface area contributed by atoms with Crippen molar-refractivity contribution in [2.24, 2.45) is 0 Å². The Bertz CT molecular complexity index is 517. The van der Waals surface area contributed by atoms with Crippen molar-refractivity contribution in [3.8, 4) is 0 Å².